The highest BCUT2D eigenvalue weighted by atomic mass is 127. The molecule has 2 N–H and O–H groups in total. The molecule has 2 heterocycles. The molecule has 1 aliphatic carbocycles. The lowest BCUT2D eigenvalue weighted by Crippen LogP contribution is -2.35. The molecule has 3 aliphatic rings. The fourth-order valence-electron chi connectivity index (χ4n) is 7.24. The molecule has 2 amide bonds. The smallest absolute Gasteiger partial charge is 0.303 e. The molecule has 0 radical (unpaired) electrons. The zero-order chi connectivity index (χ0) is 32.2. The summed E-state index contributed by atoms with van der Waals surface area (Å²) in [6.07, 6.45) is 5.98. The Morgan fingerprint density at radius 1 is 1.09 bits per heavy atom. The first-order valence-electron chi connectivity index (χ1n) is 15.8. The van der Waals surface area contributed by atoms with E-state index in [9.17, 15) is 19.5 Å². The normalized spacial score (nSPS) is 23.1. The van der Waals surface area contributed by atoms with Gasteiger partial charge in [0.2, 0.25) is 11.8 Å². The number of ether oxygens (including phenoxy) is 2. The van der Waals surface area contributed by atoms with Crippen LogP contribution in [0.5, 0.6) is 11.5 Å². The Morgan fingerprint density at radius 2 is 1.84 bits per heavy atom. The van der Waals surface area contributed by atoms with Gasteiger partial charge in [-0.1, -0.05) is 62.2 Å². The number of halogens is 1. The lowest BCUT2D eigenvalue weighted by atomic mass is 9.67. The highest BCUT2D eigenvalue weighted by molar-refractivity contribution is 14.1. The van der Waals surface area contributed by atoms with E-state index in [1.165, 1.54) is 16.0 Å². The maximum Gasteiger partial charge on any atom is 0.303 e. The molecule has 0 bridgehead atoms. The van der Waals surface area contributed by atoms with Crippen LogP contribution in [-0.4, -0.2) is 59.3 Å². The number of carbonyl (C=O) groups excluding carboxylic acids is 2. The van der Waals surface area contributed by atoms with Crippen LogP contribution in [0.15, 0.2) is 53.6 Å². The van der Waals surface area contributed by atoms with Crippen LogP contribution in [-0.2, 0) is 19.1 Å². The van der Waals surface area contributed by atoms with Crippen molar-refractivity contribution in [1.29, 1.82) is 0 Å². The molecule has 9 heteroatoms. The van der Waals surface area contributed by atoms with E-state index in [1.54, 1.807) is 7.11 Å². The molecule has 2 aliphatic heterocycles. The summed E-state index contributed by atoms with van der Waals surface area (Å²) in [4.78, 5) is 39.5. The Labute approximate surface area is 278 Å². The number of carboxylic acid groups (broad SMARTS) is 1. The molecule has 2 saturated heterocycles. The van der Waals surface area contributed by atoms with E-state index in [-0.39, 0.29) is 47.8 Å². The summed E-state index contributed by atoms with van der Waals surface area (Å²) in [6.45, 7) is 5.10. The van der Waals surface area contributed by atoms with Crippen molar-refractivity contribution in [2.45, 2.75) is 64.9 Å². The van der Waals surface area contributed by atoms with E-state index < -0.39 is 11.9 Å². The van der Waals surface area contributed by atoms with Crippen molar-refractivity contribution in [1.82, 2.24) is 4.90 Å². The van der Waals surface area contributed by atoms with Gasteiger partial charge in [0.05, 0.1) is 35.2 Å². The zero-order valence-corrected chi connectivity index (χ0v) is 28.3. The maximum atomic E-state index is 13.7. The molecule has 2 aromatic carbocycles. The van der Waals surface area contributed by atoms with Crippen LogP contribution in [0.4, 0.5) is 0 Å². The second kappa shape index (κ2) is 14.5. The van der Waals surface area contributed by atoms with Crippen molar-refractivity contribution < 1.29 is 34.1 Å². The van der Waals surface area contributed by atoms with E-state index in [2.05, 4.69) is 54.6 Å². The first-order chi connectivity index (χ1) is 21.6. The molecule has 0 aromatic heterocycles. The molecule has 0 saturated carbocycles. The number of benzene rings is 2. The van der Waals surface area contributed by atoms with Gasteiger partial charge in [-0.3, -0.25) is 19.3 Å². The SMILES string of the molecule is COc1cc(/C=C(/CC[C@H]2OC[C@H]3C2=C(C(C)C)C[C@H]2C(=O)N(CCCCCC(=O)O)C(=O)[C@H]23)c2ccccc2)cc(I)c1O. The Kier molecular flexibility index (Phi) is 10.7. The first kappa shape index (κ1) is 33.2. The molecule has 0 spiro atoms. The predicted molar refractivity (Wildman–Crippen MR) is 180 cm³/mol. The molecule has 2 fully saturated rings. The van der Waals surface area contributed by atoms with Gasteiger partial charge in [-0.15, -0.1) is 0 Å². The minimum Gasteiger partial charge on any atom is -0.504 e. The van der Waals surface area contributed by atoms with Gasteiger partial charge in [0, 0.05) is 18.9 Å². The minimum atomic E-state index is -0.827. The number of phenols is 1. The zero-order valence-electron chi connectivity index (χ0n) is 26.1. The van der Waals surface area contributed by atoms with E-state index >= 15 is 0 Å². The fourth-order valence-corrected chi connectivity index (χ4v) is 7.87. The summed E-state index contributed by atoms with van der Waals surface area (Å²) in [5, 5.41) is 19.3. The number of carboxylic acids is 1. The highest BCUT2D eigenvalue weighted by Crippen LogP contribution is 2.51. The largest absolute Gasteiger partial charge is 0.504 e. The standard InChI is InChI=1S/C36H42INO7/c1-21(2)25-19-26-33(36(43)38(35(26)42)15-9-5-8-12-31(39)40)27-20-45-29(32(25)27)14-13-24(23-10-6-4-7-11-23)16-22-17-28(37)34(41)30(18-22)44-3/h4,6-7,10-11,16-18,21,26-27,29,33,41H,5,8-9,12-15,19-20H2,1-3H3,(H,39,40)/b24-16-/t26-,27+,29-,33-/m1/s1. The summed E-state index contributed by atoms with van der Waals surface area (Å²) in [6, 6.07) is 14.0. The Hall–Kier alpha value is -3.18. The van der Waals surface area contributed by atoms with Crippen LogP contribution in [0.1, 0.15) is 69.9 Å². The van der Waals surface area contributed by atoms with Gasteiger partial charge >= 0.3 is 5.97 Å². The molecule has 2 aromatic rings. The number of unbranched alkanes of at least 4 members (excludes halogenated alkanes) is 2. The van der Waals surface area contributed by atoms with Gasteiger partial charge in [0.1, 0.15) is 0 Å². The van der Waals surface area contributed by atoms with Gasteiger partial charge in [-0.2, -0.15) is 0 Å². The first-order valence-corrected chi connectivity index (χ1v) is 16.9. The summed E-state index contributed by atoms with van der Waals surface area (Å²) in [7, 11) is 1.55. The van der Waals surface area contributed by atoms with Crippen molar-refractivity contribution in [2.75, 3.05) is 20.3 Å². The van der Waals surface area contributed by atoms with E-state index in [1.807, 2.05) is 30.3 Å². The fraction of sp³-hybridized carbons (Fsp3) is 0.472. The lowest BCUT2D eigenvalue weighted by Gasteiger charge is -2.33. The maximum absolute atomic E-state index is 13.7. The molecular formula is C36H42INO7. The van der Waals surface area contributed by atoms with Gasteiger partial charge in [-0.05, 0) is 95.0 Å². The van der Waals surface area contributed by atoms with Crippen LogP contribution in [0.3, 0.4) is 0 Å². The second-order valence-electron chi connectivity index (χ2n) is 12.6. The highest BCUT2D eigenvalue weighted by Gasteiger charge is 2.56. The topological polar surface area (TPSA) is 113 Å². The van der Waals surface area contributed by atoms with Crippen LogP contribution < -0.4 is 4.74 Å². The average Bonchev–Trinajstić information content (AvgIpc) is 3.54. The number of carbonyl (C=O) groups is 3. The number of hydrogen-bond donors (Lipinski definition) is 2. The second-order valence-corrected chi connectivity index (χ2v) is 13.7. The van der Waals surface area contributed by atoms with Crippen LogP contribution >= 0.6 is 22.6 Å². The minimum absolute atomic E-state index is 0.0860. The number of allylic oxidation sites excluding steroid dienone is 2. The van der Waals surface area contributed by atoms with Gasteiger partial charge in [0.25, 0.3) is 0 Å². The molecule has 4 atom stereocenters. The average molecular weight is 728 g/mol. The van der Waals surface area contributed by atoms with Gasteiger partial charge in [-0.25, -0.2) is 0 Å². The third-order valence-corrected chi connectivity index (χ3v) is 10.3. The summed E-state index contributed by atoms with van der Waals surface area (Å²) in [5.74, 6) is -1.07. The Morgan fingerprint density at radius 3 is 2.53 bits per heavy atom. The van der Waals surface area contributed by atoms with Crippen molar-refractivity contribution in [2.24, 2.45) is 23.7 Å². The predicted octanol–water partition coefficient (Wildman–Crippen LogP) is 6.94. The number of rotatable bonds is 13. The van der Waals surface area contributed by atoms with E-state index in [0.29, 0.717) is 48.2 Å². The van der Waals surface area contributed by atoms with E-state index in [4.69, 9.17) is 14.6 Å². The van der Waals surface area contributed by atoms with Crippen molar-refractivity contribution in [3.8, 4) is 11.5 Å². The molecule has 45 heavy (non-hydrogen) atoms. The van der Waals surface area contributed by atoms with Gasteiger partial charge in [0.15, 0.2) is 11.5 Å². The summed E-state index contributed by atoms with van der Waals surface area (Å²) >= 11 is 2.11. The van der Waals surface area contributed by atoms with Gasteiger partial charge < -0.3 is 19.7 Å². The molecule has 240 valence electrons. The number of likely N-dealkylation sites (tertiary alicyclic amines) is 1. The third-order valence-electron chi connectivity index (χ3n) is 9.44. The van der Waals surface area contributed by atoms with Crippen LogP contribution in [0, 0.1) is 27.2 Å². The molecular weight excluding hydrogens is 685 g/mol. The molecule has 0 unspecified atom stereocenters. The lowest BCUT2D eigenvalue weighted by molar-refractivity contribution is -0.141. The Bertz CT molecular complexity index is 1500. The van der Waals surface area contributed by atoms with Crippen LogP contribution in [0.2, 0.25) is 0 Å². The van der Waals surface area contributed by atoms with Crippen molar-refractivity contribution >= 4 is 52.0 Å². The number of methoxy groups -OCH3 is 1. The Balaban J connectivity index is 1.36. The number of nitrogens with zero attached hydrogens (tertiary/aromatic N) is 1. The summed E-state index contributed by atoms with van der Waals surface area (Å²) in [5.41, 5.74) is 5.62. The number of fused-ring (bicyclic) bond motifs is 3. The monoisotopic (exact) mass is 727 g/mol. The van der Waals surface area contributed by atoms with E-state index in [0.717, 1.165) is 29.5 Å². The number of aliphatic carboxylic acids is 1. The quantitative estimate of drug-likeness (QED) is 0.0756. The van der Waals surface area contributed by atoms with Crippen LogP contribution in [0.25, 0.3) is 11.6 Å². The molecule has 8 nitrogen and oxygen atoms in total. The number of imide groups is 1. The number of phenolic OH excluding ortho intramolecular Hbond substituents is 1. The summed E-state index contributed by atoms with van der Waals surface area (Å²) < 4.78 is 12.6. The van der Waals surface area contributed by atoms with Crippen molar-refractivity contribution in [3.63, 3.8) is 0 Å². The number of hydrogen-bond acceptors (Lipinski definition) is 6. The van der Waals surface area contributed by atoms with Crippen molar-refractivity contribution in [3.05, 3.63) is 68.3 Å². The number of aromatic hydroxyl groups is 1. The third kappa shape index (κ3) is 7.14. The molecule has 5 rings (SSSR count). The number of amides is 2.